The van der Waals surface area contributed by atoms with Gasteiger partial charge in [0.15, 0.2) is 0 Å². The normalized spacial score (nSPS) is 12.1. The highest BCUT2D eigenvalue weighted by molar-refractivity contribution is 5.93. The van der Waals surface area contributed by atoms with E-state index in [1.807, 2.05) is 31.2 Å². The first-order chi connectivity index (χ1) is 10.2. The number of pyridine rings is 1. The lowest BCUT2D eigenvalue weighted by atomic mass is 10.1. The number of benzene rings is 1. The van der Waals surface area contributed by atoms with E-state index in [0.29, 0.717) is 12.2 Å². The van der Waals surface area contributed by atoms with E-state index in [4.69, 9.17) is 4.74 Å². The first-order valence-corrected chi connectivity index (χ1v) is 7.07. The zero-order chi connectivity index (χ0) is 15.2. The maximum Gasteiger partial charge on any atom is 0.326 e. The Balaban J connectivity index is 2.30. The van der Waals surface area contributed by atoms with Gasteiger partial charge >= 0.3 is 5.97 Å². The lowest BCUT2D eigenvalue weighted by Gasteiger charge is -2.16. The average molecular weight is 288 g/mol. The Labute approximate surface area is 124 Å². The highest BCUT2D eigenvalue weighted by Crippen LogP contribution is 2.26. The third-order valence-corrected chi connectivity index (χ3v) is 3.43. The van der Waals surface area contributed by atoms with Crippen molar-refractivity contribution in [1.29, 1.82) is 0 Å². The Bertz CT molecular complexity index is 628. The van der Waals surface area contributed by atoms with E-state index in [1.165, 1.54) is 0 Å². The van der Waals surface area contributed by atoms with Gasteiger partial charge in [-0.3, -0.25) is 0 Å². The maximum absolute atomic E-state index is 11.3. The fourth-order valence-electron chi connectivity index (χ4n) is 2.23. The van der Waals surface area contributed by atoms with E-state index in [-0.39, 0.29) is 0 Å². The van der Waals surface area contributed by atoms with Crippen molar-refractivity contribution in [3.05, 3.63) is 30.5 Å². The number of carbonyl (C=O) groups is 1. The van der Waals surface area contributed by atoms with Gasteiger partial charge < -0.3 is 15.2 Å². The molecule has 0 aliphatic rings. The molecule has 1 unspecified atom stereocenters. The molecule has 0 amide bonds. The molecule has 21 heavy (non-hydrogen) atoms. The van der Waals surface area contributed by atoms with Crippen LogP contribution in [0.3, 0.4) is 0 Å². The Morgan fingerprint density at radius 1 is 1.43 bits per heavy atom. The molecule has 2 aromatic rings. The van der Waals surface area contributed by atoms with Gasteiger partial charge in [0.1, 0.15) is 17.6 Å². The number of rotatable bonds is 7. The molecule has 112 valence electrons. The van der Waals surface area contributed by atoms with Crippen molar-refractivity contribution in [3.8, 4) is 5.75 Å². The van der Waals surface area contributed by atoms with Crippen LogP contribution in [0.4, 0.5) is 5.82 Å². The minimum absolute atomic E-state index is 0.583. The van der Waals surface area contributed by atoms with Gasteiger partial charge in [0.25, 0.3) is 0 Å². The molecular formula is C16H20N2O3. The number of hydrogen-bond donors (Lipinski definition) is 2. The molecular weight excluding hydrogens is 268 g/mol. The molecule has 0 bridgehead atoms. The third-order valence-electron chi connectivity index (χ3n) is 3.43. The quantitative estimate of drug-likeness (QED) is 0.818. The monoisotopic (exact) mass is 288 g/mol. The second-order valence-corrected chi connectivity index (χ2v) is 4.92. The van der Waals surface area contributed by atoms with Gasteiger partial charge in [-0.15, -0.1) is 0 Å². The van der Waals surface area contributed by atoms with Crippen molar-refractivity contribution >= 4 is 22.6 Å². The minimum atomic E-state index is -0.851. The molecule has 0 spiro atoms. The summed E-state index contributed by atoms with van der Waals surface area (Å²) < 4.78 is 5.20. The van der Waals surface area contributed by atoms with Gasteiger partial charge in [-0.25, -0.2) is 9.78 Å². The molecule has 1 heterocycles. The molecule has 0 saturated heterocycles. The van der Waals surface area contributed by atoms with Gasteiger partial charge in [-0.2, -0.15) is 0 Å². The van der Waals surface area contributed by atoms with Gasteiger partial charge in [-0.05, 0) is 36.1 Å². The molecule has 0 aliphatic heterocycles. The number of anilines is 1. The number of methoxy groups -OCH3 is 1. The van der Waals surface area contributed by atoms with E-state index >= 15 is 0 Å². The molecule has 1 aromatic heterocycles. The number of carboxylic acid groups (broad SMARTS) is 1. The number of nitrogens with zero attached hydrogens (tertiary/aromatic N) is 1. The lowest BCUT2D eigenvalue weighted by Crippen LogP contribution is -2.29. The summed E-state index contributed by atoms with van der Waals surface area (Å²) in [5.74, 6) is 0.509. The largest absolute Gasteiger partial charge is 0.497 e. The molecule has 0 fully saturated rings. The second-order valence-electron chi connectivity index (χ2n) is 4.92. The molecule has 5 heteroatoms. The van der Waals surface area contributed by atoms with Crippen molar-refractivity contribution in [2.24, 2.45) is 0 Å². The molecule has 5 nitrogen and oxygen atoms in total. The second kappa shape index (κ2) is 6.92. The van der Waals surface area contributed by atoms with Crippen molar-refractivity contribution < 1.29 is 14.6 Å². The molecule has 0 aliphatic carbocycles. The first kappa shape index (κ1) is 15.1. The number of aromatic nitrogens is 1. The molecule has 1 atom stereocenters. The number of unbranched alkanes of at least 4 members (excludes halogenated alkanes) is 1. The van der Waals surface area contributed by atoms with E-state index in [0.717, 1.165) is 29.4 Å². The standard InChI is InChI=1S/C16H20N2O3/c1-3-4-5-14(16(19)20)18-15-13-7-6-12(21-2)10-11(13)8-9-17-15/h6-10,14H,3-5H2,1-2H3,(H,17,18)(H,19,20). The van der Waals surface area contributed by atoms with E-state index in [9.17, 15) is 9.90 Å². The Hall–Kier alpha value is -2.30. The van der Waals surface area contributed by atoms with Crippen LogP contribution < -0.4 is 10.1 Å². The number of ether oxygens (including phenoxy) is 1. The van der Waals surface area contributed by atoms with Crippen LogP contribution >= 0.6 is 0 Å². The molecule has 2 N–H and O–H groups in total. The highest BCUT2D eigenvalue weighted by atomic mass is 16.5. The summed E-state index contributed by atoms with van der Waals surface area (Å²) in [7, 11) is 1.62. The predicted molar refractivity (Wildman–Crippen MR) is 82.9 cm³/mol. The maximum atomic E-state index is 11.3. The summed E-state index contributed by atoms with van der Waals surface area (Å²) in [5, 5.41) is 14.2. The van der Waals surface area contributed by atoms with Crippen molar-refractivity contribution in [2.45, 2.75) is 32.2 Å². The van der Waals surface area contributed by atoms with Crippen molar-refractivity contribution in [1.82, 2.24) is 4.98 Å². The highest BCUT2D eigenvalue weighted by Gasteiger charge is 2.18. The summed E-state index contributed by atoms with van der Waals surface area (Å²) in [6.45, 7) is 2.04. The van der Waals surface area contributed by atoms with Gasteiger partial charge in [0.05, 0.1) is 7.11 Å². The topological polar surface area (TPSA) is 71.5 Å². The van der Waals surface area contributed by atoms with Crippen LogP contribution in [0.1, 0.15) is 26.2 Å². The third kappa shape index (κ3) is 3.62. The van der Waals surface area contributed by atoms with Crippen LogP contribution in [0, 0.1) is 0 Å². The number of fused-ring (bicyclic) bond motifs is 1. The number of aliphatic carboxylic acids is 1. The molecule has 0 saturated carbocycles. The van der Waals surface area contributed by atoms with Crippen LogP contribution in [-0.2, 0) is 4.79 Å². The number of carboxylic acids is 1. The lowest BCUT2D eigenvalue weighted by molar-refractivity contribution is -0.138. The first-order valence-electron chi connectivity index (χ1n) is 7.07. The van der Waals surface area contributed by atoms with Crippen LogP contribution in [0.25, 0.3) is 10.8 Å². The van der Waals surface area contributed by atoms with E-state index < -0.39 is 12.0 Å². The number of hydrogen-bond acceptors (Lipinski definition) is 4. The van der Waals surface area contributed by atoms with Crippen LogP contribution in [0.2, 0.25) is 0 Å². The van der Waals surface area contributed by atoms with E-state index in [2.05, 4.69) is 10.3 Å². The zero-order valence-electron chi connectivity index (χ0n) is 12.3. The summed E-state index contributed by atoms with van der Waals surface area (Å²) in [5.41, 5.74) is 0. The van der Waals surface area contributed by atoms with E-state index in [1.54, 1.807) is 13.3 Å². The fourth-order valence-corrected chi connectivity index (χ4v) is 2.23. The van der Waals surface area contributed by atoms with Gasteiger partial charge in [0, 0.05) is 11.6 Å². The zero-order valence-corrected chi connectivity index (χ0v) is 12.3. The molecule has 0 radical (unpaired) electrons. The Kier molecular flexibility index (Phi) is 4.98. The van der Waals surface area contributed by atoms with Crippen LogP contribution in [0.15, 0.2) is 30.5 Å². The summed E-state index contributed by atoms with van der Waals surface area (Å²) in [6.07, 6.45) is 4.08. The van der Waals surface area contributed by atoms with Crippen LogP contribution in [-0.4, -0.2) is 29.2 Å². The van der Waals surface area contributed by atoms with Crippen molar-refractivity contribution in [3.63, 3.8) is 0 Å². The van der Waals surface area contributed by atoms with Gasteiger partial charge in [0.2, 0.25) is 0 Å². The molecule has 1 aromatic carbocycles. The average Bonchev–Trinajstić information content (AvgIpc) is 2.50. The summed E-state index contributed by atoms with van der Waals surface area (Å²) in [6, 6.07) is 6.90. The SMILES string of the molecule is CCCCC(Nc1nccc2cc(OC)ccc12)C(=O)O. The minimum Gasteiger partial charge on any atom is -0.497 e. The van der Waals surface area contributed by atoms with Gasteiger partial charge in [-0.1, -0.05) is 19.8 Å². The predicted octanol–water partition coefficient (Wildman–Crippen LogP) is 3.30. The smallest absolute Gasteiger partial charge is 0.326 e. The van der Waals surface area contributed by atoms with Crippen molar-refractivity contribution in [2.75, 3.05) is 12.4 Å². The summed E-state index contributed by atoms with van der Waals surface area (Å²) in [4.78, 5) is 15.6. The Morgan fingerprint density at radius 3 is 2.90 bits per heavy atom. The Morgan fingerprint density at radius 2 is 2.24 bits per heavy atom. The summed E-state index contributed by atoms with van der Waals surface area (Å²) >= 11 is 0. The van der Waals surface area contributed by atoms with Crippen LogP contribution in [0.5, 0.6) is 5.75 Å². The number of nitrogens with one attached hydrogen (secondary N) is 1. The molecule has 2 rings (SSSR count). The fraction of sp³-hybridized carbons (Fsp3) is 0.375.